The van der Waals surface area contributed by atoms with Crippen LogP contribution in [0.1, 0.15) is 38.2 Å². The van der Waals surface area contributed by atoms with E-state index in [1.54, 1.807) is 0 Å². The molecule has 1 heterocycles. The molecule has 1 aromatic carbocycles. The molecule has 0 bridgehead atoms. The van der Waals surface area contributed by atoms with E-state index in [0.29, 0.717) is 24.6 Å². The Balaban J connectivity index is 2.08. The van der Waals surface area contributed by atoms with Gasteiger partial charge in [-0.2, -0.15) is 0 Å². The van der Waals surface area contributed by atoms with Crippen LogP contribution < -0.4 is 5.32 Å². The van der Waals surface area contributed by atoms with E-state index in [1.807, 2.05) is 24.3 Å². The summed E-state index contributed by atoms with van der Waals surface area (Å²) in [4.78, 5) is 24.6. The SMILES string of the molecule is CC(C)c1cccc(NC(=O)N2CCC[C@@H]2C(=O)O)c1. The number of urea groups is 1. The standard InChI is InChI=1S/C15H20N2O3/c1-10(2)11-5-3-6-12(9-11)16-15(20)17-8-4-7-13(17)14(18)19/h3,5-6,9-10,13H,4,7-8H2,1-2H3,(H,16,20)(H,18,19)/t13-/m1/s1. The Morgan fingerprint density at radius 1 is 1.40 bits per heavy atom. The number of likely N-dealkylation sites (tertiary alicyclic amines) is 1. The summed E-state index contributed by atoms with van der Waals surface area (Å²) in [5, 5.41) is 11.9. The van der Waals surface area contributed by atoms with E-state index in [1.165, 1.54) is 4.90 Å². The number of carboxylic acids is 1. The fourth-order valence-electron chi connectivity index (χ4n) is 2.44. The predicted octanol–water partition coefficient (Wildman–Crippen LogP) is 2.89. The number of carbonyl (C=O) groups excluding carboxylic acids is 1. The molecule has 0 unspecified atom stereocenters. The van der Waals surface area contributed by atoms with Crippen molar-refractivity contribution in [1.29, 1.82) is 0 Å². The van der Waals surface area contributed by atoms with Crippen LogP contribution in [0.15, 0.2) is 24.3 Å². The number of carboxylic acid groups (broad SMARTS) is 1. The first-order chi connectivity index (χ1) is 9.49. The van der Waals surface area contributed by atoms with Crippen molar-refractivity contribution in [3.8, 4) is 0 Å². The fourth-order valence-corrected chi connectivity index (χ4v) is 2.44. The molecule has 1 atom stereocenters. The molecular formula is C15H20N2O3. The van der Waals surface area contributed by atoms with Crippen molar-refractivity contribution in [3.05, 3.63) is 29.8 Å². The summed E-state index contributed by atoms with van der Waals surface area (Å²) < 4.78 is 0. The smallest absolute Gasteiger partial charge is 0.326 e. The van der Waals surface area contributed by atoms with Crippen molar-refractivity contribution in [2.24, 2.45) is 0 Å². The van der Waals surface area contributed by atoms with Crippen LogP contribution in [0.5, 0.6) is 0 Å². The zero-order chi connectivity index (χ0) is 14.7. The summed E-state index contributed by atoms with van der Waals surface area (Å²) in [5.41, 5.74) is 1.84. The molecule has 1 aliphatic rings. The van der Waals surface area contributed by atoms with Crippen LogP contribution in [-0.2, 0) is 4.79 Å². The van der Waals surface area contributed by atoms with Crippen molar-refractivity contribution >= 4 is 17.7 Å². The Morgan fingerprint density at radius 3 is 2.80 bits per heavy atom. The van der Waals surface area contributed by atoms with Gasteiger partial charge in [0.1, 0.15) is 6.04 Å². The molecule has 1 fully saturated rings. The fraction of sp³-hybridized carbons (Fsp3) is 0.467. The number of nitrogens with zero attached hydrogens (tertiary/aromatic N) is 1. The van der Waals surface area contributed by atoms with E-state index in [4.69, 9.17) is 5.11 Å². The van der Waals surface area contributed by atoms with Crippen LogP contribution in [0, 0.1) is 0 Å². The van der Waals surface area contributed by atoms with E-state index in [9.17, 15) is 9.59 Å². The van der Waals surface area contributed by atoms with Gasteiger partial charge in [-0.3, -0.25) is 0 Å². The van der Waals surface area contributed by atoms with Crippen molar-refractivity contribution in [3.63, 3.8) is 0 Å². The van der Waals surface area contributed by atoms with Gasteiger partial charge in [-0.1, -0.05) is 26.0 Å². The average Bonchev–Trinajstić information content (AvgIpc) is 2.88. The summed E-state index contributed by atoms with van der Waals surface area (Å²) in [5.74, 6) is -0.556. The van der Waals surface area contributed by atoms with Gasteiger partial charge >= 0.3 is 12.0 Å². The monoisotopic (exact) mass is 276 g/mol. The number of amides is 2. The van der Waals surface area contributed by atoms with Gasteiger partial charge in [0.2, 0.25) is 0 Å². The lowest BCUT2D eigenvalue weighted by atomic mass is 10.0. The van der Waals surface area contributed by atoms with Crippen LogP contribution in [0.3, 0.4) is 0 Å². The summed E-state index contributed by atoms with van der Waals surface area (Å²) in [6, 6.07) is 6.60. The molecule has 0 radical (unpaired) electrons. The first kappa shape index (κ1) is 14.4. The van der Waals surface area contributed by atoms with Gasteiger partial charge in [-0.25, -0.2) is 9.59 Å². The minimum Gasteiger partial charge on any atom is -0.480 e. The molecule has 20 heavy (non-hydrogen) atoms. The lowest BCUT2D eigenvalue weighted by Crippen LogP contribution is -2.42. The first-order valence-electron chi connectivity index (χ1n) is 6.89. The Labute approximate surface area is 118 Å². The molecule has 1 saturated heterocycles. The van der Waals surface area contributed by atoms with E-state index >= 15 is 0 Å². The Hall–Kier alpha value is -2.04. The van der Waals surface area contributed by atoms with Crippen molar-refractivity contribution in [2.45, 2.75) is 38.6 Å². The Bertz CT molecular complexity index is 514. The van der Waals surface area contributed by atoms with Gasteiger partial charge in [0.05, 0.1) is 0 Å². The maximum Gasteiger partial charge on any atom is 0.326 e. The average molecular weight is 276 g/mol. The maximum absolute atomic E-state index is 12.2. The van der Waals surface area contributed by atoms with Crippen LogP contribution in [0.4, 0.5) is 10.5 Å². The lowest BCUT2D eigenvalue weighted by Gasteiger charge is -2.22. The van der Waals surface area contributed by atoms with E-state index < -0.39 is 12.0 Å². The molecule has 0 aromatic heterocycles. The van der Waals surface area contributed by atoms with Crippen molar-refractivity contribution in [1.82, 2.24) is 4.90 Å². The number of hydrogen-bond donors (Lipinski definition) is 2. The molecule has 2 N–H and O–H groups in total. The number of benzene rings is 1. The number of aliphatic carboxylic acids is 1. The second-order valence-electron chi connectivity index (χ2n) is 5.40. The van der Waals surface area contributed by atoms with Crippen LogP contribution in [0.2, 0.25) is 0 Å². The first-order valence-corrected chi connectivity index (χ1v) is 6.89. The highest BCUT2D eigenvalue weighted by Crippen LogP contribution is 2.21. The Morgan fingerprint density at radius 2 is 2.15 bits per heavy atom. The second kappa shape index (κ2) is 5.94. The van der Waals surface area contributed by atoms with Gasteiger partial charge in [0, 0.05) is 12.2 Å². The molecule has 108 valence electrons. The van der Waals surface area contributed by atoms with E-state index in [-0.39, 0.29) is 6.03 Å². The van der Waals surface area contributed by atoms with Crippen LogP contribution >= 0.6 is 0 Å². The molecule has 1 aromatic rings. The summed E-state index contributed by atoms with van der Waals surface area (Å²) >= 11 is 0. The highest BCUT2D eigenvalue weighted by molar-refractivity contribution is 5.92. The molecule has 5 heteroatoms. The lowest BCUT2D eigenvalue weighted by molar-refractivity contribution is -0.141. The van der Waals surface area contributed by atoms with Gasteiger partial charge in [0.15, 0.2) is 0 Å². The minimum absolute atomic E-state index is 0.337. The molecule has 0 saturated carbocycles. The molecular weight excluding hydrogens is 256 g/mol. The quantitative estimate of drug-likeness (QED) is 0.891. The minimum atomic E-state index is -0.936. The zero-order valence-electron chi connectivity index (χ0n) is 11.8. The van der Waals surface area contributed by atoms with Crippen LogP contribution in [0.25, 0.3) is 0 Å². The van der Waals surface area contributed by atoms with Crippen molar-refractivity contribution in [2.75, 3.05) is 11.9 Å². The normalized spacial score (nSPS) is 18.4. The predicted molar refractivity (Wildman–Crippen MR) is 76.9 cm³/mol. The summed E-state index contributed by atoms with van der Waals surface area (Å²) in [6.07, 6.45) is 1.26. The van der Waals surface area contributed by atoms with Gasteiger partial charge in [-0.05, 0) is 36.5 Å². The summed E-state index contributed by atoms with van der Waals surface area (Å²) in [7, 11) is 0. The largest absolute Gasteiger partial charge is 0.480 e. The zero-order valence-corrected chi connectivity index (χ0v) is 11.8. The molecule has 5 nitrogen and oxygen atoms in total. The third-order valence-corrected chi connectivity index (χ3v) is 3.60. The number of nitrogens with one attached hydrogen (secondary N) is 1. The molecule has 0 aliphatic carbocycles. The third kappa shape index (κ3) is 3.10. The number of rotatable bonds is 3. The molecule has 2 rings (SSSR count). The van der Waals surface area contributed by atoms with E-state index in [0.717, 1.165) is 12.0 Å². The number of hydrogen-bond acceptors (Lipinski definition) is 2. The summed E-state index contributed by atoms with van der Waals surface area (Å²) in [6.45, 7) is 4.66. The third-order valence-electron chi connectivity index (χ3n) is 3.60. The van der Waals surface area contributed by atoms with Crippen molar-refractivity contribution < 1.29 is 14.7 Å². The highest BCUT2D eigenvalue weighted by atomic mass is 16.4. The van der Waals surface area contributed by atoms with Gasteiger partial charge in [0.25, 0.3) is 0 Å². The topological polar surface area (TPSA) is 69.6 Å². The van der Waals surface area contributed by atoms with Gasteiger partial charge < -0.3 is 15.3 Å². The molecule has 2 amide bonds. The maximum atomic E-state index is 12.2. The number of carbonyl (C=O) groups is 2. The Kier molecular flexibility index (Phi) is 4.27. The highest BCUT2D eigenvalue weighted by Gasteiger charge is 2.33. The second-order valence-corrected chi connectivity index (χ2v) is 5.40. The van der Waals surface area contributed by atoms with E-state index in [2.05, 4.69) is 19.2 Å². The van der Waals surface area contributed by atoms with Crippen LogP contribution in [-0.4, -0.2) is 34.6 Å². The van der Waals surface area contributed by atoms with Gasteiger partial charge in [-0.15, -0.1) is 0 Å². The number of anilines is 1. The molecule has 0 spiro atoms. The molecule has 1 aliphatic heterocycles.